The number of aromatic nitrogens is 1. The number of hydrogen-bond acceptors (Lipinski definition) is 3. The lowest BCUT2D eigenvalue weighted by atomic mass is 10.1. The summed E-state index contributed by atoms with van der Waals surface area (Å²) in [4.78, 5) is 12.4. The van der Waals surface area contributed by atoms with Crippen molar-refractivity contribution >= 4 is 5.78 Å². The van der Waals surface area contributed by atoms with Crippen LogP contribution in [0.4, 0.5) is 0 Å². The van der Waals surface area contributed by atoms with E-state index in [2.05, 4.69) is 0 Å². The molecule has 0 bridgehead atoms. The molecule has 0 fully saturated rings. The quantitative estimate of drug-likeness (QED) is 0.413. The molecule has 3 aromatic rings. The lowest BCUT2D eigenvalue weighted by Crippen LogP contribution is -2.34. The van der Waals surface area contributed by atoms with Crippen LogP contribution >= 0.6 is 0 Å². The van der Waals surface area contributed by atoms with Crippen molar-refractivity contribution in [3.63, 3.8) is 0 Å². The highest BCUT2D eigenvalue weighted by Gasteiger charge is 2.19. The molecule has 0 saturated heterocycles. The molecule has 0 aliphatic rings. The van der Waals surface area contributed by atoms with E-state index in [1.807, 2.05) is 36.4 Å². The highest BCUT2D eigenvalue weighted by molar-refractivity contribution is 6.06. The van der Waals surface area contributed by atoms with E-state index in [0.29, 0.717) is 22.7 Å². The molecule has 1 aromatic heterocycles. The van der Waals surface area contributed by atoms with Crippen LogP contribution in [0.25, 0.3) is 0 Å². The van der Waals surface area contributed by atoms with Gasteiger partial charge in [0, 0.05) is 11.6 Å². The van der Waals surface area contributed by atoms with Gasteiger partial charge in [-0.15, -0.1) is 0 Å². The van der Waals surface area contributed by atoms with Crippen molar-refractivity contribution in [1.82, 2.24) is 0 Å². The van der Waals surface area contributed by atoms with Crippen LogP contribution in [0.3, 0.4) is 0 Å². The van der Waals surface area contributed by atoms with Crippen molar-refractivity contribution in [2.24, 2.45) is 0 Å². The van der Waals surface area contributed by atoms with E-state index < -0.39 is 0 Å². The molecule has 0 atom stereocenters. The zero-order chi connectivity index (χ0) is 16.1. The first-order valence-corrected chi connectivity index (χ1v) is 7.24. The SMILES string of the molecule is O=C(c1ccccc1)c1cc(OCc2ccccc2)cc[n+]1[O-]. The lowest BCUT2D eigenvalue weighted by molar-refractivity contribution is -0.607. The summed E-state index contributed by atoms with van der Waals surface area (Å²) in [6.07, 6.45) is 1.29. The molecule has 0 aliphatic carbocycles. The minimum absolute atomic E-state index is 0.0433. The topological polar surface area (TPSA) is 53.2 Å². The molecule has 2 aromatic carbocycles. The molecule has 114 valence electrons. The summed E-state index contributed by atoms with van der Waals surface area (Å²) >= 11 is 0. The molecule has 4 heteroatoms. The average molecular weight is 305 g/mol. The first-order chi connectivity index (χ1) is 11.2. The van der Waals surface area contributed by atoms with Gasteiger partial charge in [0.05, 0.1) is 6.07 Å². The molecule has 4 nitrogen and oxygen atoms in total. The van der Waals surface area contributed by atoms with Gasteiger partial charge >= 0.3 is 0 Å². The number of benzene rings is 2. The molecular weight excluding hydrogens is 290 g/mol. The first kappa shape index (κ1) is 14.8. The summed E-state index contributed by atoms with van der Waals surface area (Å²) in [6, 6.07) is 21.4. The van der Waals surface area contributed by atoms with Crippen molar-refractivity contribution in [1.29, 1.82) is 0 Å². The van der Waals surface area contributed by atoms with Crippen LogP contribution in [0.1, 0.15) is 21.6 Å². The lowest BCUT2D eigenvalue weighted by Gasteiger charge is -2.08. The molecule has 23 heavy (non-hydrogen) atoms. The fourth-order valence-corrected chi connectivity index (χ4v) is 2.20. The molecule has 3 rings (SSSR count). The summed E-state index contributed by atoms with van der Waals surface area (Å²) in [5.74, 6) is 0.158. The van der Waals surface area contributed by atoms with Crippen LogP contribution in [0.2, 0.25) is 0 Å². The smallest absolute Gasteiger partial charge is 0.268 e. The Balaban J connectivity index is 1.80. The zero-order valence-electron chi connectivity index (χ0n) is 12.4. The number of ketones is 1. The molecule has 0 radical (unpaired) electrons. The molecule has 0 saturated carbocycles. The average Bonchev–Trinajstić information content (AvgIpc) is 2.62. The van der Waals surface area contributed by atoms with Crippen LogP contribution in [-0.4, -0.2) is 5.78 Å². The largest absolute Gasteiger partial charge is 0.618 e. The summed E-state index contributed by atoms with van der Waals surface area (Å²) < 4.78 is 6.23. The van der Waals surface area contributed by atoms with E-state index in [4.69, 9.17) is 4.74 Å². The highest BCUT2D eigenvalue weighted by atomic mass is 16.5. The fraction of sp³-hybridized carbons (Fsp3) is 0.0526. The second-order valence-electron chi connectivity index (χ2n) is 5.04. The number of carbonyl (C=O) groups is 1. The molecule has 0 unspecified atom stereocenters. The van der Waals surface area contributed by atoms with Gasteiger partial charge in [0.2, 0.25) is 0 Å². The second kappa shape index (κ2) is 6.75. The van der Waals surface area contributed by atoms with Crippen molar-refractivity contribution in [2.45, 2.75) is 6.61 Å². The van der Waals surface area contributed by atoms with Gasteiger partial charge in [0.25, 0.3) is 11.5 Å². The van der Waals surface area contributed by atoms with Crippen molar-refractivity contribution in [3.05, 3.63) is 101 Å². The molecule has 0 amide bonds. The van der Waals surface area contributed by atoms with E-state index in [1.54, 1.807) is 30.3 Å². The standard InChI is InChI=1S/C19H15NO3/c21-19(16-9-5-2-6-10-16)18-13-17(11-12-20(18)22)23-14-15-7-3-1-4-8-15/h1-13H,14H2. The summed E-state index contributed by atoms with van der Waals surface area (Å²) in [5, 5.41) is 11.9. The van der Waals surface area contributed by atoms with Crippen LogP contribution < -0.4 is 9.47 Å². The Bertz CT molecular complexity index is 801. The van der Waals surface area contributed by atoms with Gasteiger partial charge in [-0.05, 0) is 5.56 Å². The number of pyridine rings is 1. The Kier molecular flexibility index (Phi) is 4.34. The van der Waals surface area contributed by atoms with E-state index in [0.717, 1.165) is 5.56 Å². The van der Waals surface area contributed by atoms with Crippen LogP contribution in [0.5, 0.6) is 5.75 Å². The van der Waals surface area contributed by atoms with Crippen molar-refractivity contribution < 1.29 is 14.3 Å². The monoisotopic (exact) mass is 305 g/mol. The minimum Gasteiger partial charge on any atom is -0.618 e. The van der Waals surface area contributed by atoms with E-state index in [9.17, 15) is 10.0 Å². The van der Waals surface area contributed by atoms with Crippen LogP contribution in [0, 0.1) is 5.21 Å². The maximum absolute atomic E-state index is 12.4. The van der Waals surface area contributed by atoms with Crippen molar-refractivity contribution in [3.8, 4) is 5.75 Å². The Morgan fingerprint density at radius 2 is 1.61 bits per heavy atom. The third kappa shape index (κ3) is 3.55. The predicted octanol–water partition coefficient (Wildman–Crippen LogP) is 3.13. The first-order valence-electron chi connectivity index (χ1n) is 7.24. The van der Waals surface area contributed by atoms with Gasteiger partial charge in [-0.25, -0.2) is 0 Å². The Labute approximate surface area is 134 Å². The molecule has 0 aliphatic heterocycles. The van der Waals surface area contributed by atoms with Gasteiger partial charge in [0.15, 0.2) is 6.20 Å². The van der Waals surface area contributed by atoms with Gasteiger partial charge in [-0.3, -0.25) is 4.79 Å². The predicted molar refractivity (Wildman–Crippen MR) is 86.1 cm³/mol. The number of nitrogens with zero attached hydrogens (tertiary/aromatic N) is 1. The van der Waals surface area contributed by atoms with E-state index >= 15 is 0 Å². The Morgan fingerprint density at radius 3 is 2.30 bits per heavy atom. The van der Waals surface area contributed by atoms with Crippen LogP contribution in [0.15, 0.2) is 79.0 Å². The fourth-order valence-electron chi connectivity index (χ4n) is 2.20. The van der Waals surface area contributed by atoms with E-state index in [-0.39, 0.29) is 11.5 Å². The van der Waals surface area contributed by atoms with Gasteiger partial charge < -0.3 is 9.94 Å². The van der Waals surface area contributed by atoms with Crippen molar-refractivity contribution in [2.75, 3.05) is 0 Å². The Morgan fingerprint density at radius 1 is 0.957 bits per heavy atom. The third-order valence-electron chi connectivity index (χ3n) is 3.41. The summed E-state index contributed by atoms with van der Waals surface area (Å²) in [7, 11) is 0. The minimum atomic E-state index is -0.328. The maximum atomic E-state index is 12.4. The summed E-state index contributed by atoms with van der Waals surface area (Å²) in [6.45, 7) is 0.378. The summed E-state index contributed by atoms with van der Waals surface area (Å²) in [5.41, 5.74) is 1.53. The number of rotatable bonds is 5. The van der Waals surface area contributed by atoms with Gasteiger partial charge in [0.1, 0.15) is 12.4 Å². The van der Waals surface area contributed by atoms with Gasteiger partial charge in [-0.2, -0.15) is 4.73 Å². The maximum Gasteiger partial charge on any atom is 0.268 e. The van der Waals surface area contributed by atoms with Gasteiger partial charge in [-0.1, -0.05) is 60.7 Å². The third-order valence-corrected chi connectivity index (χ3v) is 3.41. The number of carbonyl (C=O) groups excluding carboxylic acids is 1. The molecular formula is C19H15NO3. The molecule has 0 N–H and O–H groups in total. The number of ether oxygens (including phenoxy) is 1. The normalized spacial score (nSPS) is 10.3. The molecule has 1 heterocycles. The zero-order valence-corrected chi connectivity index (χ0v) is 12.4. The second-order valence-corrected chi connectivity index (χ2v) is 5.04. The van der Waals surface area contributed by atoms with E-state index in [1.165, 1.54) is 12.3 Å². The Hall–Kier alpha value is -3.14. The molecule has 0 spiro atoms. The number of hydrogen-bond donors (Lipinski definition) is 0. The van der Waals surface area contributed by atoms with Crippen LogP contribution in [-0.2, 0) is 6.61 Å². The highest BCUT2D eigenvalue weighted by Crippen LogP contribution is 2.15.